The van der Waals surface area contributed by atoms with Gasteiger partial charge in [0.15, 0.2) is 0 Å². The van der Waals surface area contributed by atoms with E-state index in [4.69, 9.17) is 19.6 Å². The molecule has 1 amide bonds. The molecule has 3 N–H and O–H groups in total. The number of carbonyl (C=O) groups excluding carboxylic acids is 2. The predicted octanol–water partition coefficient (Wildman–Crippen LogP) is 0.922. The van der Waals surface area contributed by atoms with Gasteiger partial charge in [0.2, 0.25) is 11.8 Å². The summed E-state index contributed by atoms with van der Waals surface area (Å²) in [5.41, 5.74) is 3.87. The monoisotopic (exact) mass is 354 g/mol. The van der Waals surface area contributed by atoms with E-state index in [0.29, 0.717) is 11.3 Å². The third-order valence-electron chi connectivity index (χ3n) is 4.56. The summed E-state index contributed by atoms with van der Waals surface area (Å²) in [5.74, 6) is -1.44. The molecule has 0 bridgehead atoms. The van der Waals surface area contributed by atoms with Crippen LogP contribution in [0.15, 0.2) is 51.0 Å². The number of carbonyl (C=O) groups is 2. The van der Waals surface area contributed by atoms with Crippen LogP contribution in [-0.4, -0.2) is 19.0 Å². The summed E-state index contributed by atoms with van der Waals surface area (Å²) in [6.45, 7) is 1.57. The average molecular weight is 354 g/mol. The number of hydrogen-bond acceptors (Lipinski definition) is 7. The van der Waals surface area contributed by atoms with Crippen LogP contribution in [0.2, 0.25) is 0 Å². The van der Waals surface area contributed by atoms with Crippen molar-refractivity contribution in [1.29, 1.82) is 0 Å². The summed E-state index contributed by atoms with van der Waals surface area (Å²) in [4.78, 5) is 38.4. The Hall–Kier alpha value is -3.55. The van der Waals surface area contributed by atoms with E-state index in [1.54, 1.807) is 31.2 Å². The number of anilines is 1. The second-order valence-electron chi connectivity index (χ2n) is 5.97. The van der Waals surface area contributed by atoms with Crippen molar-refractivity contribution in [2.45, 2.75) is 12.3 Å². The molecule has 1 aromatic heterocycles. The number of esters is 1. The van der Waals surface area contributed by atoms with E-state index in [0.717, 1.165) is 7.11 Å². The number of fused-ring (bicyclic) bond motifs is 4. The van der Waals surface area contributed by atoms with E-state index in [9.17, 15) is 14.4 Å². The fourth-order valence-corrected chi connectivity index (χ4v) is 3.59. The minimum absolute atomic E-state index is 0.0655. The number of aryl methyl sites for hydroxylation is 1. The molecule has 3 heterocycles. The van der Waals surface area contributed by atoms with Crippen molar-refractivity contribution >= 4 is 17.6 Å². The molecule has 132 valence electrons. The third-order valence-corrected chi connectivity index (χ3v) is 4.56. The summed E-state index contributed by atoms with van der Waals surface area (Å²) in [6, 6.07) is 8.17. The van der Waals surface area contributed by atoms with Crippen LogP contribution in [0.3, 0.4) is 0 Å². The first-order chi connectivity index (χ1) is 12.4. The first-order valence-corrected chi connectivity index (χ1v) is 7.73. The minimum atomic E-state index is -1.81. The van der Waals surface area contributed by atoms with Gasteiger partial charge in [0, 0.05) is 17.3 Å². The number of amides is 1. The largest absolute Gasteiger partial charge is 0.465 e. The Kier molecular flexibility index (Phi) is 3.20. The Balaban J connectivity index is 2.20. The van der Waals surface area contributed by atoms with Crippen LogP contribution in [0, 0.1) is 6.92 Å². The summed E-state index contributed by atoms with van der Waals surface area (Å²) in [6.07, 6.45) is 0. The first-order valence-electron chi connectivity index (χ1n) is 7.73. The number of hydrogen-bond donors (Lipinski definition) is 2. The maximum Gasteiger partial charge on any atom is 0.344 e. The van der Waals surface area contributed by atoms with Gasteiger partial charge in [-0.2, -0.15) is 0 Å². The fourth-order valence-electron chi connectivity index (χ4n) is 3.59. The lowest BCUT2D eigenvalue weighted by Gasteiger charge is -2.33. The quantitative estimate of drug-likeness (QED) is 0.731. The van der Waals surface area contributed by atoms with Crippen LogP contribution >= 0.6 is 0 Å². The van der Waals surface area contributed by atoms with Gasteiger partial charge < -0.3 is 24.9 Å². The van der Waals surface area contributed by atoms with Gasteiger partial charge >= 0.3 is 11.6 Å². The second-order valence-corrected chi connectivity index (χ2v) is 5.97. The number of benzene rings is 1. The van der Waals surface area contributed by atoms with Crippen molar-refractivity contribution < 1.29 is 23.5 Å². The number of nitrogens with one attached hydrogen (secondary N) is 1. The van der Waals surface area contributed by atoms with Gasteiger partial charge in [0.1, 0.15) is 28.1 Å². The Morgan fingerprint density at radius 2 is 2.00 bits per heavy atom. The van der Waals surface area contributed by atoms with Crippen molar-refractivity contribution in [2.24, 2.45) is 5.73 Å². The fraction of sp³-hybridized carbons (Fsp3) is 0.167. The molecule has 2 aliphatic heterocycles. The third kappa shape index (κ3) is 1.81. The molecule has 4 rings (SSSR count). The summed E-state index contributed by atoms with van der Waals surface area (Å²) >= 11 is 0. The van der Waals surface area contributed by atoms with E-state index in [1.807, 2.05) is 0 Å². The van der Waals surface area contributed by atoms with E-state index < -0.39 is 22.9 Å². The number of rotatable bonds is 1. The van der Waals surface area contributed by atoms with E-state index in [-0.39, 0.29) is 28.5 Å². The van der Waals surface area contributed by atoms with E-state index >= 15 is 0 Å². The Bertz CT molecular complexity index is 1070. The Morgan fingerprint density at radius 1 is 1.27 bits per heavy atom. The van der Waals surface area contributed by atoms with Gasteiger partial charge in [0.05, 0.1) is 7.11 Å². The highest BCUT2D eigenvalue weighted by molar-refractivity contribution is 6.17. The van der Waals surface area contributed by atoms with Crippen molar-refractivity contribution in [1.82, 2.24) is 0 Å². The van der Waals surface area contributed by atoms with E-state index in [2.05, 4.69) is 5.32 Å². The molecule has 0 radical (unpaired) electrons. The van der Waals surface area contributed by atoms with Crippen molar-refractivity contribution in [3.8, 4) is 5.75 Å². The van der Waals surface area contributed by atoms with Crippen LogP contribution in [0.25, 0.3) is 0 Å². The van der Waals surface area contributed by atoms with Crippen LogP contribution < -0.4 is 21.4 Å². The molecular formula is C18H14N2O6. The SMILES string of the molecule is COC(=O)C1=C(N)Oc2cc(C)oc(=O)c2[C@@]12C(=O)Nc1ccccc12. The average Bonchev–Trinajstić information content (AvgIpc) is 2.86. The summed E-state index contributed by atoms with van der Waals surface area (Å²) in [7, 11) is 1.15. The highest BCUT2D eigenvalue weighted by Gasteiger charge is 2.60. The molecular weight excluding hydrogens is 340 g/mol. The Labute approximate surface area is 147 Å². The van der Waals surface area contributed by atoms with E-state index in [1.165, 1.54) is 6.07 Å². The van der Waals surface area contributed by atoms with Gasteiger partial charge in [0.25, 0.3) is 0 Å². The molecule has 0 saturated heterocycles. The standard InChI is InChI=1S/C18H14N2O6/c1-8-7-11-12(16(22)25-8)18(13(14(19)26-11)15(21)24-2)9-5-3-4-6-10(9)20-17(18)23/h3-7H,19H2,1-2H3,(H,20,23)/t18-/m1/s1. The predicted molar refractivity (Wildman–Crippen MR) is 89.4 cm³/mol. The van der Waals surface area contributed by atoms with Crippen molar-refractivity contribution in [3.63, 3.8) is 0 Å². The molecule has 1 spiro atoms. The lowest BCUT2D eigenvalue weighted by atomic mass is 9.69. The minimum Gasteiger partial charge on any atom is -0.465 e. The zero-order valence-corrected chi connectivity index (χ0v) is 13.9. The van der Waals surface area contributed by atoms with Crippen molar-refractivity contribution in [2.75, 3.05) is 12.4 Å². The highest BCUT2D eigenvalue weighted by atomic mass is 16.5. The smallest absolute Gasteiger partial charge is 0.344 e. The number of ether oxygens (including phenoxy) is 2. The molecule has 2 aliphatic rings. The van der Waals surface area contributed by atoms with Crippen LogP contribution in [-0.2, 0) is 19.7 Å². The molecule has 0 fully saturated rings. The lowest BCUT2D eigenvalue weighted by molar-refractivity contribution is -0.138. The van der Waals surface area contributed by atoms with Crippen LogP contribution in [0.1, 0.15) is 16.9 Å². The molecule has 2 aromatic rings. The summed E-state index contributed by atoms with van der Waals surface area (Å²) < 4.78 is 15.5. The molecule has 8 heteroatoms. The van der Waals surface area contributed by atoms with Crippen LogP contribution in [0.4, 0.5) is 5.69 Å². The second kappa shape index (κ2) is 5.22. The van der Waals surface area contributed by atoms with Gasteiger partial charge in [-0.15, -0.1) is 0 Å². The van der Waals surface area contributed by atoms with Crippen molar-refractivity contribution in [3.05, 3.63) is 69.1 Å². The first kappa shape index (κ1) is 15.9. The van der Waals surface area contributed by atoms with Gasteiger partial charge in [-0.1, -0.05) is 18.2 Å². The molecule has 0 aliphatic carbocycles. The lowest BCUT2D eigenvalue weighted by Crippen LogP contribution is -2.48. The maximum atomic E-state index is 13.1. The number of methoxy groups -OCH3 is 1. The zero-order chi connectivity index (χ0) is 18.6. The van der Waals surface area contributed by atoms with Gasteiger partial charge in [-0.3, -0.25) is 4.79 Å². The highest BCUT2D eigenvalue weighted by Crippen LogP contribution is 2.52. The maximum absolute atomic E-state index is 13.1. The number of nitrogens with two attached hydrogens (primary N) is 1. The molecule has 0 unspecified atom stereocenters. The molecule has 0 saturated carbocycles. The summed E-state index contributed by atoms with van der Waals surface area (Å²) in [5, 5.41) is 2.70. The molecule has 26 heavy (non-hydrogen) atoms. The Morgan fingerprint density at radius 3 is 2.73 bits per heavy atom. The number of para-hydroxylation sites is 1. The van der Waals surface area contributed by atoms with Crippen LogP contribution in [0.5, 0.6) is 5.75 Å². The molecule has 1 aromatic carbocycles. The normalized spacial score (nSPS) is 20.3. The topological polar surface area (TPSA) is 121 Å². The van der Waals surface area contributed by atoms with Gasteiger partial charge in [-0.25, -0.2) is 9.59 Å². The zero-order valence-electron chi connectivity index (χ0n) is 13.9. The van der Waals surface area contributed by atoms with Gasteiger partial charge in [-0.05, 0) is 13.0 Å². The molecule has 1 atom stereocenters. The molecule has 8 nitrogen and oxygen atoms in total.